The molecule has 1 unspecified atom stereocenters. The lowest BCUT2D eigenvalue weighted by Gasteiger charge is -2.19. The molecule has 0 fully saturated rings. The lowest BCUT2D eigenvalue weighted by atomic mass is 10.1. The third-order valence-corrected chi connectivity index (χ3v) is 3.05. The van der Waals surface area contributed by atoms with E-state index >= 15 is 0 Å². The maximum atomic E-state index is 5.51. The summed E-state index contributed by atoms with van der Waals surface area (Å²) in [6.45, 7) is 3.88. The summed E-state index contributed by atoms with van der Waals surface area (Å²) in [5.41, 5.74) is 2.48. The van der Waals surface area contributed by atoms with Crippen LogP contribution in [0.4, 0.5) is 0 Å². The second-order valence-electron chi connectivity index (χ2n) is 4.30. The summed E-state index contributed by atoms with van der Waals surface area (Å²) in [4.78, 5) is 4.41. The second-order valence-corrected chi connectivity index (χ2v) is 4.30. The zero-order chi connectivity index (χ0) is 11.9. The number of allylic oxidation sites excluding steroid dienone is 1. The number of rotatable bonds is 5. The van der Waals surface area contributed by atoms with Gasteiger partial charge in [0, 0.05) is 19.3 Å². The molecule has 0 spiro atoms. The van der Waals surface area contributed by atoms with E-state index in [2.05, 4.69) is 29.4 Å². The minimum Gasteiger partial charge on any atom is -0.497 e. The minimum absolute atomic E-state index is 0.314. The van der Waals surface area contributed by atoms with Crippen molar-refractivity contribution in [3.05, 3.63) is 41.9 Å². The highest BCUT2D eigenvalue weighted by atomic mass is 16.5. The van der Waals surface area contributed by atoms with Crippen LogP contribution in [-0.2, 0) is 17.7 Å². The van der Waals surface area contributed by atoms with E-state index < -0.39 is 0 Å². The van der Waals surface area contributed by atoms with Gasteiger partial charge in [-0.1, -0.05) is 13.0 Å². The summed E-state index contributed by atoms with van der Waals surface area (Å²) in [7, 11) is 0. The van der Waals surface area contributed by atoms with Crippen LogP contribution in [0.5, 0.6) is 0 Å². The molecule has 1 aliphatic heterocycles. The van der Waals surface area contributed by atoms with Crippen molar-refractivity contribution in [1.82, 2.24) is 10.3 Å². The van der Waals surface area contributed by atoms with Crippen molar-refractivity contribution < 1.29 is 4.74 Å². The molecule has 0 radical (unpaired) electrons. The van der Waals surface area contributed by atoms with E-state index in [-0.39, 0.29) is 0 Å². The van der Waals surface area contributed by atoms with Gasteiger partial charge in [0.25, 0.3) is 0 Å². The lowest BCUT2D eigenvalue weighted by molar-refractivity contribution is 0.122. The number of nitrogens with zero attached hydrogens (tertiary/aromatic N) is 1. The molecule has 1 aromatic heterocycles. The van der Waals surface area contributed by atoms with E-state index in [1.165, 1.54) is 5.56 Å². The van der Waals surface area contributed by atoms with Crippen LogP contribution in [0.1, 0.15) is 31.0 Å². The van der Waals surface area contributed by atoms with Crippen LogP contribution in [0.2, 0.25) is 0 Å². The second kappa shape index (κ2) is 6.40. The molecule has 0 bridgehead atoms. The fourth-order valence-corrected chi connectivity index (χ4v) is 2.04. The first-order valence-electron chi connectivity index (χ1n) is 6.34. The molecule has 1 aromatic rings. The van der Waals surface area contributed by atoms with Crippen LogP contribution in [0.3, 0.4) is 0 Å². The molecule has 2 rings (SSSR count). The quantitative estimate of drug-likeness (QED) is 0.846. The Morgan fingerprint density at radius 2 is 2.47 bits per heavy atom. The normalized spacial score (nSPS) is 19.0. The van der Waals surface area contributed by atoms with Crippen LogP contribution >= 0.6 is 0 Å². The van der Waals surface area contributed by atoms with E-state index in [1.54, 1.807) is 0 Å². The summed E-state index contributed by atoms with van der Waals surface area (Å²) >= 11 is 0. The molecular formula is C14H20N2O. The average molecular weight is 232 g/mol. The molecule has 0 saturated heterocycles. The SMILES string of the molecule is CCc1cccnc1CNCC1CCC=CO1. The Morgan fingerprint density at radius 3 is 3.24 bits per heavy atom. The average Bonchev–Trinajstić information content (AvgIpc) is 2.40. The van der Waals surface area contributed by atoms with Gasteiger partial charge in [0.2, 0.25) is 0 Å². The molecule has 1 N–H and O–H groups in total. The first-order valence-corrected chi connectivity index (χ1v) is 6.34. The van der Waals surface area contributed by atoms with Gasteiger partial charge in [-0.25, -0.2) is 0 Å². The monoisotopic (exact) mass is 232 g/mol. The van der Waals surface area contributed by atoms with Gasteiger partial charge in [-0.15, -0.1) is 0 Å². The number of hydrogen-bond donors (Lipinski definition) is 1. The molecule has 0 saturated carbocycles. The molecule has 2 heterocycles. The molecule has 1 atom stereocenters. The number of pyridine rings is 1. The molecule has 92 valence electrons. The van der Waals surface area contributed by atoms with E-state index in [1.807, 2.05) is 18.5 Å². The number of ether oxygens (including phenoxy) is 1. The molecule has 0 aromatic carbocycles. The summed E-state index contributed by atoms with van der Waals surface area (Å²) in [6.07, 6.45) is 9.32. The fraction of sp³-hybridized carbons (Fsp3) is 0.500. The Kier molecular flexibility index (Phi) is 4.56. The van der Waals surface area contributed by atoms with Gasteiger partial charge >= 0.3 is 0 Å². The number of hydrogen-bond acceptors (Lipinski definition) is 3. The summed E-state index contributed by atoms with van der Waals surface area (Å²) in [6, 6.07) is 4.14. The zero-order valence-electron chi connectivity index (χ0n) is 10.4. The van der Waals surface area contributed by atoms with Crippen molar-refractivity contribution in [2.45, 2.75) is 38.8 Å². The van der Waals surface area contributed by atoms with Crippen molar-refractivity contribution in [3.63, 3.8) is 0 Å². The lowest BCUT2D eigenvalue weighted by Crippen LogP contribution is -2.29. The highest BCUT2D eigenvalue weighted by molar-refractivity contribution is 5.19. The highest BCUT2D eigenvalue weighted by Gasteiger charge is 2.10. The maximum Gasteiger partial charge on any atom is 0.110 e. The molecule has 0 amide bonds. The third kappa shape index (κ3) is 3.56. The Labute approximate surface area is 103 Å². The van der Waals surface area contributed by atoms with E-state index in [0.717, 1.165) is 38.0 Å². The Hall–Kier alpha value is -1.35. The number of aromatic nitrogens is 1. The van der Waals surface area contributed by atoms with Crippen molar-refractivity contribution in [3.8, 4) is 0 Å². The van der Waals surface area contributed by atoms with Gasteiger partial charge in [-0.3, -0.25) is 4.98 Å². The standard InChI is InChI=1S/C14H20N2O/c1-2-12-6-5-8-16-14(12)11-15-10-13-7-3-4-9-17-13/h4-6,8-9,13,15H,2-3,7,10-11H2,1H3. The van der Waals surface area contributed by atoms with Crippen molar-refractivity contribution >= 4 is 0 Å². The van der Waals surface area contributed by atoms with E-state index in [9.17, 15) is 0 Å². The molecule has 0 aliphatic carbocycles. The van der Waals surface area contributed by atoms with Crippen molar-refractivity contribution in [1.29, 1.82) is 0 Å². The van der Waals surface area contributed by atoms with Crippen LogP contribution in [-0.4, -0.2) is 17.6 Å². The fourth-order valence-electron chi connectivity index (χ4n) is 2.04. The Balaban J connectivity index is 1.79. The Bertz CT molecular complexity index is 376. The zero-order valence-corrected chi connectivity index (χ0v) is 10.4. The minimum atomic E-state index is 0.314. The first kappa shape index (κ1) is 12.1. The van der Waals surface area contributed by atoms with E-state index in [0.29, 0.717) is 6.10 Å². The number of nitrogens with one attached hydrogen (secondary N) is 1. The van der Waals surface area contributed by atoms with Gasteiger partial charge in [0.1, 0.15) is 6.10 Å². The van der Waals surface area contributed by atoms with Crippen LogP contribution in [0, 0.1) is 0 Å². The largest absolute Gasteiger partial charge is 0.497 e. The molecule has 17 heavy (non-hydrogen) atoms. The highest BCUT2D eigenvalue weighted by Crippen LogP contribution is 2.10. The molecule has 1 aliphatic rings. The van der Waals surface area contributed by atoms with Gasteiger partial charge in [-0.2, -0.15) is 0 Å². The summed E-state index contributed by atoms with van der Waals surface area (Å²) in [5.74, 6) is 0. The molecule has 3 heteroatoms. The Morgan fingerprint density at radius 1 is 1.53 bits per heavy atom. The van der Waals surface area contributed by atoms with Crippen molar-refractivity contribution in [2.24, 2.45) is 0 Å². The van der Waals surface area contributed by atoms with E-state index in [4.69, 9.17) is 4.74 Å². The van der Waals surface area contributed by atoms with Crippen LogP contribution in [0.15, 0.2) is 30.7 Å². The van der Waals surface area contributed by atoms with Gasteiger partial charge < -0.3 is 10.1 Å². The topological polar surface area (TPSA) is 34.2 Å². The van der Waals surface area contributed by atoms with Gasteiger partial charge in [0.15, 0.2) is 0 Å². The maximum absolute atomic E-state index is 5.51. The third-order valence-electron chi connectivity index (χ3n) is 3.05. The predicted molar refractivity (Wildman–Crippen MR) is 68.6 cm³/mol. The van der Waals surface area contributed by atoms with Crippen LogP contribution in [0.25, 0.3) is 0 Å². The summed E-state index contributed by atoms with van der Waals surface area (Å²) in [5, 5.41) is 3.42. The predicted octanol–water partition coefficient (Wildman–Crippen LogP) is 2.43. The van der Waals surface area contributed by atoms with Gasteiger partial charge in [0.05, 0.1) is 12.0 Å². The summed E-state index contributed by atoms with van der Waals surface area (Å²) < 4.78 is 5.51. The van der Waals surface area contributed by atoms with Crippen molar-refractivity contribution in [2.75, 3.05) is 6.54 Å². The molecular weight excluding hydrogens is 212 g/mol. The smallest absolute Gasteiger partial charge is 0.110 e. The first-order chi connectivity index (χ1) is 8.40. The molecule has 3 nitrogen and oxygen atoms in total. The van der Waals surface area contributed by atoms with Gasteiger partial charge in [-0.05, 0) is 37.0 Å². The van der Waals surface area contributed by atoms with Crippen LogP contribution < -0.4 is 5.32 Å². The number of aryl methyl sites for hydroxylation is 1.